The highest BCUT2D eigenvalue weighted by molar-refractivity contribution is 4.98. The van der Waals surface area contributed by atoms with Crippen molar-refractivity contribution in [3.8, 4) is 0 Å². The van der Waals surface area contributed by atoms with Gasteiger partial charge in [0.2, 0.25) is 0 Å². The number of aromatic nitrogens is 2. The Morgan fingerprint density at radius 2 is 2.47 bits per heavy atom. The molecule has 1 aromatic heterocycles. The number of aryl methyl sites for hydroxylation is 1. The molecular weight excluding hydrogens is 188 g/mol. The average Bonchev–Trinajstić information content (AvgIpc) is 2.65. The van der Waals surface area contributed by atoms with Crippen LogP contribution in [0.15, 0.2) is 12.5 Å². The van der Waals surface area contributed by atoms with Gasteiger partial charge in [-0.2, -0.15) is 0 Å². The quantitative estimate of drug-likeness (QED) is 0.800. The van der Waals surface area contributed by atoms with E-state index >= 15 is 0 Å². The van der Waals surface area contributed by atoms with Gasteiger partial charge in [0, 0.05) is 31.9 Å². The summed E-state index contributed by atoms with van der Waals surface area (Å²) < 4.78 is 2.19. The van der Waals surface area contributed by atoms with Crippen LogP contribution < -0.4 is 5.73 Å². The first-order valence-corrected chi connectivity index (χ1v) is 5.76. The normalized spacial score (nSPS) is 23.2. The van der Waals surface area contributed by atoms with Crippen molar-refractivity contribution in [2.45, 2.75) is 38.9 Å². The first-order chi connectivity index (χ1) is 7.29. The molecule has 84 valence electrons. The second kappa shape index (κ2) is 4.77. The molecule has 0 bridgehead atoms. The molecule has 2 heterocycles. The van der Waals surface area contributed by atoms with Crippen LogP contribution in [-0.4, -0.2) is 33.6 Å². The first-order valence-electron chi connectivity index (χ1n) is 5.76. The summed E-state index contributed by atoms with van der Waals surface area (Å²) in [6.45, 7) is 6.32. The van der Waals surface area contributed by atoms with Gasteiger partial charge < -0.3 is 10.3 Å². The molecular formula is C11H20N4. The molecule has 1 aliphatic heterocycles. The molecule has 1 aliphatic rings. The van der Waals surface area contributed by atoms with E-state index in [4.69, 9.17) is 5.73 Å². The second-order valence-electron chi connectivity index (χ2n) is 4.31. The maximum absolute atomic E-state index is 5.96. The number of nitrogens with zero attached hydrogens (tertiary/aromatic N) is 3. The van der Waals surface area contributed by atoms with Crippen LogP contribution in [0.1, 0.15) is 25.5 Å². The van der Waals surface area contributed by atoms with Crippen LogP contribution in [0.5, 0.6) is 0 Å². The molecule has 2 N–H and O–H groups in total. The lowest BCUT2D eigenvalue weighted by Crippen LogP contribution is -2.42. The van der Waals surface area contributed by atoms with Crippen LogP contribution in [-0.2, 0) is 13.1 Å². The minimum atomic E-state index is 0.358. The zero-order chi connectivity index (χ0) is 10.7. The molecule has 0 aromatic carbocycles. The minimum Gasteiger partial charge on any atom is -0.334 e. The average molecular weight is 208 g/mol. The van der Waals surface area contributed by atoms with Crippen LogP contribution >= 0.6 is 0 Å². The molecule has 0 aliphatic carbocycles. The van der Waals surface area contributed by atoms with Crippen molar-refractivity contribution in [2.75, 3.05) is 13.1 Å². The van der Waals surface area contributed by atoms with Crippen molar-refractivity contribution >= 4 is 0 Å². The molecule has 0 saturated carbocycles. The Balaban J connectivity index is 1.96. The van der Waals surface area contributed by atoms with E-state index in [1.54, 1.807) is 0 Å². The predicted molar refractivity (Wildman–Crippen MR) is 60.4 cm³/mol. The Hall–Kier alpha value is -0.870. The highest BCUT2D eigenvalue weighted by Gasteiger charge is 2.17. The maximum Gasteiger partial charge on any atom is 0.0948 e. The summed E-state index contributed by atoms with van der Waals surface area (Å²) in [6, 6.07) is 0.358. The number of likely N-dealkylation sites (tertiary alicyclic amines) is 1. The number of hydrogen-bond acceptors (Lipinski definition) is 3. The summed E-state index contributed by atoms with van der Waals surface area (Å²) in [5, 5.41) is 0. The molecule has 1 atom stereocenters. The van der Waals surface area contributed by atoms with E-state index < -0.39 is 0 Å². The lowest BCUT2D eigenvalue weighted by Gasteiger charge is -2.30. The molecule has 4 heteroatoms. The summed E-state index contributed by atoms with van der Waals surface area (Å²) in [6.07, 6.45) is 6.26. The lowest BCUT2D eigenvalue weighted by molar-refractivity contribution is 0.197. The summed E-state index contributed by atoms with van der Waals surface area (Å²) >= 11 is 0. The van der Waals surface area contributed by atoms with E-state index in [0.29, 0.717) is 6.04 Å². The number of hydrogen-bond donors (Lipinski definition) is 1. The van der Waals surface area contributed by atoms with E-state index in [1.807, 2.05) is 12.5 Å². The van der Waals surface area contributed by atoms with Crippen molar-refractivity contribution in [2.24, 2.45) is 5.73 Å². The molecule has 1 unspecified atom stereocenters. The van der Waals surface area contributed by atoms with Gasteiger partial charge in [-0.05, 0) is 26.3 Å². The first kappa shape index (κ1) is 10.6. The molecule has 0 amide bonds. The molecule has 15 heavy (non-hydrogen) atoms. The number of piperidine rings is 1. The fourth-order valence-corrected chi connectivity index (χ4v) is 2.23. The molecule has 1 saturated heterocycles. The van der Waals surface area contributed by atoms with Crippen LogP contribution in [0.3, 0.4) is 0 Å². The Morgan fingerprint density at radius 3 is 3.20 bits per heavy atom. The van der Waals surface area contributed by atoms with Gasteiger partial charge in [-0.15, -0.1) is 0 Å². The summed E-state index contributed by atoms with van der Waals surface area (Å²) in [5.41, 5.74) is 7.26. The third-order valence-electron chi connectivity index (χ3n) is 3.07. The Kier molecular flexibility index (Phi) is 3.38. The third kappa shape index (κ3) is 2.58. The summed E-state index contributed by atoms with van der Waals surface area (Å²) in [5.74, 6) is 0. The van der Waals surface area contributed by atoms with Gasteiger partial charge in [0.15, 0.2) is 0 Å². The van der Waals surface area contributed by atoms with Gasteiger partial charge in [-0.1, -0.05) is 0 Å². The van der Waals surface area contributed by atoms with Crippen LogP contribution in [0, 0.1) is 0 Å². The monoisotopic (exact) mass is 208 g/mol. The van der Waals surface area contributed by atoms with Crippen LogP contribution in [0.4, 0.5) is 0 Å². The fraction of sp³-hybridized carbons (Fsp3) is 0.727. The Morgan fingerprint density at radius 1 is 1.60 bits per heavy atom. The number of imidazole rings is 1. The molecule has 1 aromatic rings. The Bertz CT molecular complexity index is 307. The van der Waals surface area contributed by atoms with Crippen molar-refractivity contribution in [3.63, 3.8) is 0 Å². The van der Waals surface area contributed by atoms with Gasteiger partial charge in [0.25, 0.3) is 0 Å². The van der Waals surface area contributed by atoms with E-state index in [1.165, 1.54) is 25.1 Å². The summed E-state index contributed by atoms with van der Waals surface area (Å²) in [4.78, 5) is 6.61. The zero-order valence-electron chi connectivity index (χ0n) is 9.39. The highest BCUT2D eigenvalue weighted by Crippen LogP contribution is 2.12. The zero-order valence-corrected chi connectivity index (χ0v) is 9.39. The SMILES string of the molecule is CCn1cncc1CN1CCCC(N)C1. The smallest absolute Gasteiger partial charge is 0.0948 e. The van der Waals surface area contributed by atoms with Crippen molar-refractivity contribution < 1.29 is 0 Å². The highest BCUT2D eigenvalue weighted by atomic mass is 15.2. The third-order valence-corrected chi connectivity index (χ3v) is 3.07. The van der Waals surface area contributed by atoms with Gasteiger partial charge >= 0.3 is 0 Å². The maximum atomic E-state index is 5.96. The van der Waals surface area contributed by atoms with Gasteiger partial charge in [-0.3, -0.25) is 4.90 Å². The second-order valence-corrected chi connectivity index (χ2v) is 4.31. The molecule has 2 rings (SSSR count). The molecule has 0 spiro atoms. The van der Waals surface area contributed by atoms with E-state index in [2.05, 4.69) is 21.4 Å². The molecule has 0 radical (unpaired) electrons. The topological polar surface area (TPSA) is 47.1 Å². The van der Waals surface area contributed by atoms with Crippen molar-refractivity contribution in [3.05, 3.63) is 18.2 Å². The molecule has 1 fully saturated rings. The fourth-order valence-electron chi connectivity index (χ4n) is 2.23. The molecule has 4 nitrogen and oxygen atoms in total. The lowest BCUT2D eigenvalue weighted by atomic mass is 10.1. The summed E-state index contributed by atoms with van der Waals surface area (Å²) in [7, 11) is 0. The number of rotatable bonds is 3. The Labute approximate surface area is 91.1 Å². The van der Waals surface area contributed by atoms with Crippen molar-refractivity contribution in [1.29, 1.82) is 0 Å². The standard InChI is InChI=1S/C11H20N4/c1-2-15-9-13-6-11(15)8-14-5-3-4-10(12)7-14/h6,9-10H,2-5,7-8,12H2,1H3. The van der Waals surface area contributed by atoms with Crippen molar-refractivity contribution in [1.82, 2.24) is 14.5 Å². The number of nitrogens with two attached hydrogens (primary N) is 1. The van der Waals surface area contributed by atoms with Gasteiger partial charge in [0.1, 0.15) is 0 Å². The van der Waals surface area contributed by atoms with Gasteiger partial charge in [0.05, 0.1) is 12.0 Å². The van der Waals surface area contributed by atoms with E-state index in [9.17, 15) is 0 Å². The van der Waals surface area contributed by atoms with Crippen LogP contribution in [0.25, 0.3) is 0 Å². The largest absolute Gasteiger partial charge is 0.334 e. The van der Waals surface area contributed by atoms with Gasteiger partial charge in [-0.25, -0.2) is 4.98 Å². The van der Waals surface area contributed by atoms with E-state index in [0.717, 1.165) is 19.6 Å². The predicted octanol–water partition coefficient (Wildman–Crippen LogP) is 0.826. The van der Waals surface area contributed by atoms with Crippen LogP contribution in [0.2, 0.25) is 0 Å². The minimum absolute atomic E-state index is 0.358. The van der Waals surface area contributed by atoms with E-state index in [-0.39, 0.29) is 0 Å².